The highest BCUT2D eigenvalue weighted by molar-refractivity contribution is 5.92. The molecular formula is C19H23N2O+. The van der Waals surface area contributed by atoms with Crippen LogP contribution in [0.15, 0.2) is 48.5 Å². The molecule has 0 fully saturated rings. The van der Waals surface area contributed by atoms with E-state index in [0.29, 0.717) is 12.6 Å². The number of carbonyl (C=O) groups excluding carboxylic acids is 1. The molecule has 1 atom stereocenters. The smallest absolute Gasteiger partial charge is 0.279 e. The highest BCUT2D eigenvalue weighted by atomic mass is 16.1. The molecule has 1 amide bonds. The van der Waals surface area contributed by atoms with Gasteiger partial charge in [0.2, 0.25) is 0 Å². The van der Waals surface area contributed by atoms with Crippen molar-refractivity contribution in [1.82, 2.24) is 0 Å². The van der Waals surface area contributed by atoms with Gasteiger partial charge < -0.3 is 10.6 Å². The number of carbonyl (C=O) groups is 1. The Labute approximate surface area is 131 Å². The van der Waals surface area contributed by atoms with Crippen LogP contribution in [0.3, 0.4) is 0 Å². The molecule has 0 heterocycles. The van der Waals surface area contributed by atoms with Gasteiger partial charge in [-0.2, -0.15) is 0 Å². The number of hydrogen-bond donors (Lipinski definition) is 2. The average Bonchev–Trinajstić information content (AvgIpc) is 2.55. The lowest BCUT2D eigenvalue weighted by Crippen LogP contribution is -2.87. The van der Waals surface area contributed by atoms with Gasteiger partial charge >= 0.3 is 0 Å². The van der Waals surface area contributed by atoms with Crippen LogP contribution in [0, 0.1) is 6.92 Å². The van der Waals surface area contributed by atoms with Crippen LogP contribution in [0.25, 0.3) is 0 Å². The number of aryl methyl sites for hydroxylation is 2. The summed E-state index contributed by atoms with van der Waals surface area (Å²) < 4.78 is 0. The van der Waals surface area contributed by atoms with Crippen molar-refractivity contribution in [3.05, 3.63) is 65.2 Å². The summed E-state index contributed by atoms with van der Waals surface area (Å²) in [5.74, 6) is 0.0670. The van der Waals surface area contributed by atoms with Crippen LogP contribution in [0.1, 0.15) is 35.6 Å². The highest BCUT2D eigenvalue weighted by Crippen LogP contribution is 2.26. The van der Waals surface area contributed by atoms with Gasteiger partial charge in [0, 0.05) is 17.7 Å². The number of para-hydroxylation sites is 1. The van der Waals surface area contributed by atoms with E-state index in [2.05, 4.69) is 34.9 Å². The molecule has 114 valence electrons. The minimum atomic E-state index is 0.0670. The molecule has 0 aliphatic heterocycles. The van der Waals surface area contributed by atoms with Crippen LogP contribution in [0.2, 0.25) is 0 Å². The van der Waals surface area contributed by atoms with E-state index in [1.165, 1.54) is 17.5 Å². The summed E-state index contributed by atoms with van der Waals surface area (Å²) >= 11 is 0. The zero-order valence-electron chi connectivity index (χ0n) is 13.0. The largest absolute Gasteiger partial charge is 0.332 e. The van der Waals surface area contributed by atoms with Crippen molar-refractivity contribution < 1.29 is 10.1 Å². The first kappa shape index (κ1) is 14.8. The first-order chi connectivity index (χ1) is 10.7. The van der Waals surface area contributed by atoms with Crippen molar-refractivity contribution in [3.8, 4) is 0 Å². The predicted molar refractivity (Wildman–Crippen MR) is 88.7 cm³/mol. The Balaban J connectivity index is 1.59. The van der Waals surface area contributed by atoms with Crippen LogP contribution >= 0.6 is 0 Å². The van der Waals surface area contributed by atoms with Gasteiger partial charge in [0.25, 0.3) is 5.91 Å². The number of nitrogens with one attached hydrogen (secondary N) is 1. The van der Waals surface area contributed by atoms with Crippen molar-refractivity contribution in [2.45, 2.75) is 32.2 Å². The Bertz CT molecular complexity index is 666. The van der Waals surface area contributed by atoms with E-state index in [0.717, 1.165) is 24.1 Å². The summed E-state index contributed by atoms with van der Waals surface area (Å²) in [5, 5.41) is 5.18. The normalized spacial score (nSPS) is 16.9. The van der Waals surface area contributed by atoms with E-state index >= 15 is 0 Å². The number of rotatable bonds is 4. The van der Waals surface area contributed by atoms with E-state index in [4.69, 9.17) is 0 Å². The Hall–Kier alpha value is -2.13. The molecule has 1 aliphatic rings. The number of nitrogens with two attached hydrogens (primary N) is 1. The number of amides is 1. The summed E-state index contributed by atoms with van der Waals surface area (Å²) in [6, 6.07) is 16.9. The second-order valence-corrected chi connectivity index (χ2v) is 6.00. The summed E-state index contributed by atoms with van der Waals surface area (Å²) in [6.45, 7) is 2.48. The van der Waals surface area contributed by atoms with Gasteiger partial charge in [-0.3, -0.25) is 4.79 Å². The molecule has 0 aromatic heterocycles. The molecule has 0 bridgehead atoms. The van der Waals surface area contributed by atoms with Crippen LogP contribution in [-0.2, 0) is 11.2 Å². The molecule has 22 heavy (non-hydrogen) atoms. The highest BCUT2D eigenvalue weighted by Gasteiger charge is 2.23. The minimum absolute atomic E-state index is 0.0670. The summed E-state index contributed by atoms with van der Waals surface area (Å²) in [7, 11) is 0. The van der Waals surface area contributed by atoms with Crippen molar-refractivity contribution in [3.63, 3.8) is 0 Å². The van der Waals surface area contributed by atoms with Gasteiger partial charge in [-0.1, -0.05) is 42.5 Å². The van der Waals surface area contributed by atoms with E-state index in [-0.39, 0.29) is 5.91 Å². The molecule has 3 rings (SSSR count). The number of benzene rings is 2. The third kappa shape index (κ3) is 3.37. The van der Waals surface area contributed by atoms with E-state index in [1.54, 1.807) is 0 Å². The molecule has 0 unspecified atom stereocenters. The lowest BCUT2D eigenvalue weighted by atomic mass is 9.88. The van der Waals surface area contributed by atoms with Crippen LogP contribution in [-0.4, -0.2) is 12.5 Å². The molecular weight excluding hydrogens is 272 g/mol. The summed E-state index contributed by atoms with van der Waals surface area (Å²) in [5.41, 5.74) is 4.84. The van der Waals surface area contributed by atoms with Gasteiger partial charge in [0.05, 0.1) is 0 Å². The van der Waals surface area contributed by atoms with Crippen molar-refractivity contribution in [2.24, 2.45) is 0 Å². The van der Waals surface area contributed by atoms with Gasteiger partial charge in [0.1, 0.15) is 6.04 Å². The Morgan fingerprint density at radius 3 is 2.82 bits per heavy atom. The van der Waals surface area contributed by atoms with E-state index < -0.39 is 0 Å². The van der Waals surface area contributed by atoms with E-state index in [1.807, 2.05) is 31.2 Å². The zero-order chi connectivity index (χ0) is 15.4. The van der Waals surface area contributed by atoms with Crippen LogP contribution in [0.5, 0.6) is 0 Å². The maximum atomic E-state index is 12.2. The SMILES string of the molecule is Cc1ccccc1NC(=O)C[NH2+][C@@H]1CCCc2ccccc21. The summed E-state index contributed by atoms with van der Waals surface area (Å²) in [4.78, 5) is 12.2. The maximum absolute atomic E-state index is 12.2. The standard InChI is InChI=1S/C19H22N2O/c1-14-7-2-5-11-17(14)21-19(22)13-20-18-12-6-9-15-8-3-4-10-16(15)18/h2-5,7-8,10-11,18,20H,6,9,12-13H2,1H3,(H,21,22)/p+1/t18-/m1/s1. The molecule has 1 aliphatic carbocycles. The van der Waals surface area contributed by atoms with Gasteiger partial charge in [-0.15, -0.1) is 0 Å². The third-order valence-corrected chi connectivity index (χ3v) is 4.42. The Morgan fingerprint density at radius 2 is 1.95 bits per heavy atom. The molecule has 0 saturated heterocycles. The molecule has 0 saturated carbocycles. The quantitative estimate of drug-likeness (QED) is 0.894. The maximum Gasteiger partial charge on any atom is 0.279 e. The lowest BCUT2D eigenvalue weighted by Gasteiger charge is -2.23. The third-order valence-electron chi connectivity index (χ3n) is 4.42. The predicted octanol–water partition coefficient (Wildman–Crippen LogP) is 2.57. The Kier molecular flexibility index (Phi) is 4.54. The van der Waals surface area contributed by atoms with Gasteiger partial charge in [0.15, 0.2) is 6.54 Å². The number of anilines is 1. The van der Waals surface area contributed by atoms with Crippen molar-refractivity contribution in [2.75, 3.05) is 11.9 Å². The number of fused-ring (bicyclic) bond motifs is 1. The molecule has 3 N–H and O–H groups in total. The van der Waals surface area contributed by atoms with Crippen LogP contribution < -0.4 is 10.6 Å². The average molecular weight is 295 g/mol. The molecule has 3 nitrogen and oxygen atoms in total. The second kappa shape index (κ2) is 6.75. The number of quaternary nitrogens is 1. The summed E-state index contributed by atoms with van der Waals surface area (Å²) in [6.07, 6.45) is 3.52. The molecule has 0 spiro atoms. The number of hydrogen-bond acceptors (Lipinski definition) is 1. The fourth-order valence-electron chi connectivity index (χ4n) is 3.20. The van der Waals surface area contributed by atoms with Crippen molar-refractivity contribution in [1.29, 1.82) is 0 Å². The monoisotopic (exact) mass is 295 g/mol. The molecule has 2 aromatic carbocycles. The first-order valence-electron chi connectivity index (χ1n) is 8.00. The fraction of sp³-hybridized carbons (Fsp3) is 0.316. The molecule has 2 aromatic rings. The Morgan fingerprint density at radius 1 is 1.18 bits per heavy atom. The minimum Gasteiger partial charge on any atom is -0.332 e. The second-order valence-electron chi connectivity index (χ2n) is 6.00. The van der Waals surface area contributed by atoms with Gasteiger partial charge in [-0.05, 0) is 37.0 Å². The zero-order valence-corrected chi connectivity index (χ0v) is 13.0. The molecule has 3 heteroatoms. The van der Waals surface area contributed by atoms with Gasteiger partial charge in [-0.25, -0.2) is 0 Å². The fourth-order valence-corrected chi connectivity index (χ4v) is 3.20. The topological polar surface area (TPSA) is 45.7 Å². The van der Waals surface area contributed by atoms with Crippen molar-refractivity contribution >= 4 is 11.6 Å². The van der Waals surface area contributed by atoms with E-state index in [9.17, 15) is 4.79 Å². The lowest BCUT2D eigenvalue weighted by molar-refractivity contribution is -0.687. The first-order valence-corrected chi connectivity index (χ1v) is 8.00. The molecule has 0 radical (unpaired) electrons. The van der Waals surface area contributed by atoms with Crippen LogP contribution in [0.4, 0.5) is 5.69 Å².